The molecule has 4 rings (SSSR count). The van der Waals surface area contributed by atoms with Crippen LogP contribution in [-0.2, 0) is 15.3 Å². The van der Waals surface area contributed by atoms with E-state index in [1.165, 1.54) is 24.6 Å². The Labute approximate surface area is 259 Å². The summed E-state index contributed by atoms with van der Waals surface area (Å²) in [4.78, 5) is 18.0. The highest BCUT2D eigenvalue weighted by Crippen LogP contribution is 2.43. The van der Waals surface area contributed by atoms with Crippen molar-refractivity contribution < 1.29 is 19.0 Å². The number of carbonyl (C=O) groups excluding carboxylic acids is 1. The molecule has 1 aliphatic rings. The summed E-state index contributed by atoms with van der Waals surface area (Å²) in [7, 11) is 0. The van der Waals surface area contributed by atoms with Crippen LogP contribution in [0.2, 0.25) is 5.02 Å². The molecule has 1 aliphatic heterocycles. The standard InChI is InChI=1S/C30H36BrClN4O4S/c1-5-8-9-12-15-40-27-22(31)16-21(17-24(27)38-6-2)26-25(28(37)39-7-3)19(4)33-29-34-30(35-36(26)29)41-18-20-13-10-11-14-23(20)32/h10-11,13-14,16-17,26H,5-9,12,15,18H2,1-4H3,(H,33,34,35). The number of esters is 1. The number of anilines is 1. The Morgan fingerprint density at radius 2 is 1.93 bits per heavy atom. The van der Waals surface area contributed by atoms with Crippen molar-refractivity contribution in [2.75, 3.05) is 25.1 Å². The SMILES string of the molecule is CCCCCCOc1c(Br)cc(C2C(C(=O)OCC)=C(C)Nc3nc(SCc4ccccc4Cl)nn32)cc1OCC. The van der Waals surface area contributed by atoms with Crippen molar-refractivity contribution >= 4 is 51.2 Å². The first-order valence-corrected chi connectivity index (χ1v) is 16.1. The summed E-state index contributed by atoms with van der Waals surface area (Å²) < 4.78 is 20.1. The minimum Gasteiger partial charge on any atom is -0.490 e. The fourth-order valence-corrected chi connectivity index (χ4v) is 6.27. The number of nitrogens with zero attached hydrogens (tertiary/aromatic N) is 3. The summed E-state index contributed by atoms with van der Waals surface area (Å²) >= 11 is 11.5. The molecule has 0 aliphatic carbocycles. The molecule has 0 amide bonds. The molecule has 8 nitrogen and oxygen atoms in total. The fraction of sp³-hybridized carbons (Fsp3) is 0.433. The molecule has 1 N–H and O–H groups in total. The van der Waals surface area contributed by atoms with Crippen molar-refractivity contribution in [3.05, 3.63) is 68.3 Å². The van der Waals surface area contributed by atoms with Crippen LogP contribution in [0, 0.1) is 0 Å². The molecule has 0 saturated heterocycles. The summed E-state index contributed by atoms with van der Waals surface area (Å²) in [5, 5.41) is 9.33. The highest BCUT2D eigenvalue weighted by Gasteiger charge is 2.36. The van der Waals surface area contributed by atoms with Gasteiger partial charge in [-0.25, -0.2) is 9.48 Å². The second-order valence-electron chi connectivity index (χ2n) is 9.50. The molecule has 1 aromatic heterocycles. The van der Waals surface area contributed by atoms with Gasteiger partial charge in [-0.05, 0) is 72.4 Å². The van der Waals surface area contributed by atoms with Gasteiger partial charge in [0.25, 0.3) is 0 Å². The average Bonchev–Trinajstić information content (AvgIpc) is 3.35. The lowest BCUT2D eigenvalue weighted by molar-refractivity contribution is -0.139. The zero-order chi connectivity index (χ0) is 29.4. The second kappa shape index (κ2) is 15.0. The number of hydrogen-bond acceptors (Lipinski definition) is 8. The van der Waals surface area contributed by atoms with Gasteiger partial charge in [0.15, 0.2) is 11.5 Å². The lowest BCUT2D eigenvalue weighted by Crippen LogP contribution is -2.29. The third kappa shape index (κ3) is 7.59. The number of unbranched alkanes of at least 4 members (excludes halogenated alkanes) is 3. The fourth-order valence-electron chi connectivity index (χ4n) is 4.58. The van der Waals surface area contributed by atoms with Crippen molar-refractivity contribution in [2.24, 2.45) is 0 Å². The predicted molar refractivity (Wildman–Crippen MR) is 167 cm³/mol. The molecule has 0 bridgehead atoms. The number of thioether (sulfide) groups is 1. The van der Waals surface area contributed by atoms with Crippen LogP contribution in [0.4, 0.5) is 5.95 Å². The topological polar surface area (TPSA) is 87.5 Å². The van der Waals surface area contributed by atoms with E-state index < -0.39 is 12.0 Å². The first kappa shape index (κ1) is 31.3. The molecule has 220 valence electrons. The van der Waals surface area contributed by atoms with Crippen LogP contribution in [-0.4, -0.2) is 40.6 Å². The van der Waals surface area contributed by atoms with E-state index >= 15 is 0 Å². The Hall–Kier alpha value is -2.69. The maximum Gasteiger partial charge on any atom is 0.338 e. The van der Waals surface area contributed by atoms with Crippen LogP contribution >= 0.6 is 39.3 Å². The molecule has 2 heterocycles. The summed E-state index contributed by atoms with van der Waals surface area (Å²) in [6.07, 6.45) is 4.43. The van der Waals surface area contributed by atoms with Crippen LogP contribution in [0.3, 0.4) is 0 Å². The number of fused-ring (bicyclic) bond motifs is 1. The Morgan fingerprint density at radius 1 is 1.12 bits per heavy atom. The molecule has 2 aromatic carbocycles. The number of halogens is 2. The number of benzene rings is 2. The Bertz CT molecular complexity index is 1400. The summed E-state index contributed by atoms with van der Waals surface area (Å²) in [5.41, 5.74) is 2.89. The number of rotatable bonds is 14. The quantitative estimate of drug-likeness (QED) is 0.105. The van der Waals surface area contributed by atoms with Crippen molar-refractivity contribution in [1.82, 2.24) is 14.8 Å². The van der Waals surface area contributed by atoms with Crippen LogP contribution in [0.15, 0.2) is 57.3 Å². The predicted octanol–water partition coefficient (Wildman–Crippen LogP) is 8.20. The van der Waals surface area contributed by atoms with Gasteiger partial charge in [0.1, 0.15) is 6.04 Å². The summed E-state index contributed by atoms with van der Waals surface area (Å²) in [5.74, 6) is 1.97. The van der Waals surface area contributed by atoms with E-state index in [1.54, 1.807) is 11.6 Å². The van der Waals surface area contributed by atoms with Gasteiger partial charge in [0.2, 0.25) is 11.1 Å². The zero-order valence-corrected chi connectivity index (χ0v) is 27.0. The van der Waals surface area contributed by atoms with E-state index in [9.17, 15) is 4.79 Å². The normalized spacial score (nSPS) is 14.4. The summed E-state index contributed by atoms with van der Waals surface area (Å²) in [6, 6.07) is 11.0. The maximum atomic E-state index is 13.3. The molecule has 11 heteroatoms. The monoisotopic (exact) mass is 662 g/mol. The van der Waals surface area contributed by atoms with Crippen molar-refractivity contribution in [3.63, 3.8) is 0 Å². The van der Waals surface area contributed by atoms with Gasteiger partial charge in [-0.15, -0.1) is 5.10 Å². The smallest absolute Gasteiger partial charge is 0.338 e. The minimum absolute atomic E-state index is 0.254. The van der Waals surface area contributed by atoms with Gasteiger partial charge in [0.05, 0.1) is 29.9 Å². The molecule has 0 fully saturated rings. The van der Waals surface area contributed by atoms with Gasteiger partial charge in [-0.3, -0.25) is 0 Å². The number of ether oxygens (including phenoxy) is 3. The molecule has 1 atom stereocenters. The molecule has 0 saturated carbocycles. The molecule has 1 unspecified atom stereocenters. The maximum absolute atomic E-state index is 13.3. The van der Waals surface area contributed by atoms with E-state index in [1.807, 2.05) is 50.2 Å². The van der Waals surface area contributed by atoms with E-state index in [-0.39, 0.29) is 6.61 Å². The van der Waals surface area contributed by atoms with Gasteiger partial charge in [-0.1, -0.05) is 67.7 Å². The zero-order valence-electron chi connectivity index (χ0n) is 23.8. The van der Waals surface area contributed by atoms with Crippen LogP contribution < -0.4 is 14.8 Å². The number of hydrogen-bond donors (Lipinski definition) is 1. The van der Waals surface area contributed by atoms with Gasteiger partial charge >= 0.3 is 5.97 Å². The second-order valence-corrected chi connectivity index (χ2v) is 11.7. The summed E-state index contributed by atoms with van der Waals surface area (Å²) in [6.45, 7) is 9.07. The Kier molecular flexibility index (Phi) is 11.4. The third-order valence-electron chi connectivity index (χ3n) is 6.53. The number of nitrogens with one attached hydrogen (secondary N) is 1. The number of allylic oxidation sites excluding steroid dienone is 1. The first-order chi connectivity index (χ1) is 19.9. The molecule has 0 radical (unpaired) electrons. The minimum atomic E-state index is -0.596. The Morgan fingerprint density at radius 3 is 2.66 bits per heavy atom. The third-order valence-corrected chi connectivity index (χ3v) is 8.38. The molecule has 41 heavy (non-hydrogen) atoms. The van der Waals surface area contributed by atoms with Crippen molar-refractivity contribution in [2.45, 2.75) is 70.3 Å². The van der Waals surface area contributed by atoms with Crippen molar-refractivity contribution in [3.8, 4) is 11.5 Å². The average molecular weight is 664 g/mol. The molecule has 3 aromatic rings. The van der Waals surface area contributed by atoms with Gasteiger partial charge in [0, 0.05) is 16.5 Å². The van der Waals surface area contributed by atoms with E-state index in [4.69, 9.17) is 35.9 Å². The van der Waals surface area contributed by atoms with Crippen LogP contribution in [0.1, 0.15) is 70.5 Å². The van der Waals surface area contributed by atoms with Gasteiger partial charge < -0.3 is 19.5 Å². The highest BCUT2D eigenvalue weighted by atomic mass is 79.9. The molecular weight excluding hydrogens is 628 g/mol. The van der Waals surface area contributed by atoms with Crippen LogP contribution in [0.5, 0.6) is 11.5 Å². The Balaban J connectivity index is 1.71. The molecule has 0 spiro atoms. The van der Waals surface area contributed by atoms with E-state index in [0.717, 1.165) is 28.4 Å². The molecular formula is C30H36BrClN4O4S. The lowest BCUT2D eigenvalue weighted by atomic mass is 9.95. The highest BCUT2D eigenvalue weighted by molar-refractivity contribution is 9.10. The number of carbonyl (C=O) groups is 1. The van der Waals surface area contributed by atoms with E-state index in [0.29, 0.717) is 57.9 Å². The van der Waals surface area contributed by atoms with E-state index in [2.05, 4.69) is 28.2 Å². The number of aromatic nitrogens is 3. The van der Waals surface area contributed by atoms with Gasteiger partial charge in [-0.2, -0.15) is 4.98 Å². The van der Waals surface area contributed by atoms with Crippen molar-refractivity contribution in [1.29, 1.82) is 0 Å². The largest absolute Gasteiger partial charge is 0.490 e. The first-order valence-electron chi connectivity index (χ1n) is 13.9. The lowest BCUT2D eigenvalue weighted by Gasteiger charge is -2.28. The van der Waals surface area contributed by atoms with Crippen LogP contribution in [0.25, 0.3) is 0 Å².